The lowest BCUT2D eigenvalue weighted by Gasteiger charge is -2.06. The Kier molecular flexibility index (Phi) is 5.87. The van der Waals surface area contributed by atoms with Gasteiger partial charge >= 0.3 is 5.97 Å². The van der Waals surface area contributed by atoms with Crippen molar-refractivity contribution >= 4 is 21.6 Å². The molecule has 0 heterocycles. The SMILES string of the molecule is Cc1ccc(S(=O)(=O)CCC(=O)OCC(=O)c2ccccc2)cc1. The number of ketones is 1. The van der Waals surface area contributed by atoms with E-state index in [9.17, 15) is 18.0 Å². The number of rotatable bonds is 7. The molecule has 2 aromatic rings. The molecule has 0 spiro atoms. The van der Waals surface area contributed by atoms with Crippen molar-refractivity contribution < 1.29 is 22.7 Å². The van der Waals surface area contributed by atoms with Crippen LogP contribution in [0.15, 0.2) is 59.5 Å². The second kappa shape index (κ2) is 7.88. The van der Waals surface area contributed by atoms with E-state index < -0.39 is 22.4 Å². The second-order valence-corrected chi connectivity index (χ2v) is 7.44. The summed E-state index contributed by atoms with van der Waals surface area (Å²) < 4.78 is 29.1. The van der Waals surface area contributed by atoms with E-state index in [0.717, 1.165) is 5.56 Å². The van der Waals surface area contributed by atoms with Gasteiger partial charge in [0, 0.05) is 5.56 Å². The molecule has 0 unspecified atom stereocenters. The first-order chi connectivity index (χ1) is 11.4. The quantitative estimate of drug-likeness (QED) is 0.569. The Hall–Kier alpha value is -2.47. The maximum atomic E-state index is 12.1. The number of ether oxygens (including phenoxy) is 1. The lowest BCUT2D eigenvalue weighted by molar-refractivity contribution is -0.142. The van der Waals surface area contributed by atoms with Crippen LogP contribution < -0.4 is 0 Å². The summed E-state index contributed by atoms with van der Waals surface area (Å²) >= 11 is 0. The van der Waals surface area contributed by atoms with Crippen molar-refractivity contribution in [3.63, 3.8) is 0 Å². The molecular formula is C18H18O5S. The first kappa shape index (κ1) is 17.9. The van der Waals surface area contributed by atoms with Crippen molar-refractivity contribution in [2.75, 3.05) is 12.4 Å². The van der Waals surface area contributed by atoms with Crippen LogP contribution in [0.1, 0.15) is 22.3 Å². The summed E-state index contributed by atoms with van der Waals surface area (Å²) in [6, 6.07) is 14.9. The number of benzene rings is 2. The fraction of sp³-hybridized carbons (Fsp3) is 0.222. The number of Topliss-reactive ketones (excluding diaryl/α,β-unsaturated/α-hetero) is 1. The van der Waals surface area contributed by atoms with Gasteiger partial charge in [0.05, 0.1) is 17.1 Å². The third kappa shape index (κ3) is 5.03. The number of carbonyl (C=O) groups excluding carboxylic acids is 2. The zero-order valence-corrected chi connectivity index (χ0v) is 14.1. The van der Waals surface area contributed by atoms with Gasteiger partial charge in [0.15, 0.2) is 22.2 Å². The standard InChI is InChI=1S/C18H18O5S/c1-14-7-9-16(10-8-14)24(21,22)12-11-18(20)23-13-17(19)15-5-3-2-4-6-15/h2-10H,11-13H2,1H3. The zero-order chi connectivity index (χ0) is 17.6. The lowest BCUT2D eigenvalue weighted by atomic mass is 10.1. The molecule has 126 valence electrons. The molecule has 2 aromatic carbocycles. The van der Waals surface area contributed by atoms with E-state index in [-0.39, 0.29) is 22.9 Å². The molecule has 5 nitrogen and oxygen atoms in total. The maximum absolute atomic E-state index is 12.1. The number of sulfone groups is 1. The molecule has 0 atom stereocenters. The second-order valence-electron chi connectivity index (χ2n) is 5.33. The third-order valence-electron chi connectivity index (χ3n) is 3.42. The van der Waals surface area contributed by atoms with Gasteiger partial charge in [0.1, 0.15) is 0 Å². The van der Waals surface area contributed by atoms with Crippen molar-refractivity contribution in [1.82, 2.24) is 0 Å². The fourth-order valence-electron chi connectivity index (χ4n) is 2.01. The van der Waals surface area contributed by atoms with Gasteiger partial charge in [0.25, 0.3) is 0 Å². The molecule has 2 rings (SSSR count). The number of esters is 1. The summed E-state index contributed by atoms with van der Waals surface area (Å²) in [6.45, 7) is 1.46. The molecular weight excluding hydrogens is 328 g/mol. The highest BCUT2D eigenvalue weighted by molar-refractivity contribution is 7.91. The van der Waals surface area contributed by atoms with Crippen LogP contribution in [0.4, 0.5) is 0 Å². The lowest BCUT2D eigenvalue weighted by Crippen LogP contribution is -2.17. The molecule has 0 amide bonds. The Balaban J connectivity index is 1.84. The molecule has 0 saturated heterocycles. The van der Waals surface area contributed by atoms with Crippen LogP contribution in [0.5, 0.6) is 0 Å². The molecule has 0 aromatic heterocycles. The molecule has 0 aliphatic heterocycles. The minimum absolute atomic E-state index is 0.168. The van der Waals surface area contributed by atoms with E-state index >= 15 is 0 Å². The maximum Gasteiger partial charge on any atom is 0.307 e. The monoisotopic (exact) mass is 346 g/mol. The van der Waals surface area contributed by atoms with Crippen LogP contribution in [0.3, 0.4) is 0 Å². The van der Waals surface area contributed by atoms with Gasteiger partial charge < -0.3 is 4.74 Å². The predicted molar refractivity (Wildman–Crippen MR) is 89.6 cm³/mol. The van der Waals surface area contributed by atoms with Crippen molar-refractivity contribution in [1.29, 1.82) is 0 Å². The molecule has 0 fully saturated rings. The molecule has 6 heteroatoms. The highest BCUT2D eigenvalue weighted by Gasteiger charge is 2.17. The zero-order valence-electron chi connectivity index (χ0n) is 13.3. The first-order valence-electron chi connectivity index (χ1n) is 7.42. The van der Waals surface area contributed by atoms with Crippen molar-refractivity contribution in [3.05, 3.63) is 65.7 Å². The van der Waals surface area contributed by atoms with Crippen LogP contribution in [-0.4, -0.2) is 32.5 Å². The minimum Gasteiger partial charge on any atom is -0.457 e. The summed E-state index contributed by atoms with van der Waals surface area (Å²) in [5.41, 5.74) is 1.39. The Morgan fingerprint density at radius 3 is 2.21 bits per heavy atom. The Bertz CT molecular complexity index is 808. The van der Waals surface area contributed by atoms with Crippen LogP contribution in [-0.2, 0) is 19.4 Å². The average molecular weight is 346 g/mol. The van der Waals surface area contributed by atoms with Crippen LogP contribution in [0, 0.1) is 6.92 Å². The topological polar surface area (TPSA) is 77.5 Å². The van der Waals surface area contributed by atoms with Crippen molar-refractivity contribution in [3.8, 4) is 0 Å². The van der Waals surface area contributed by atoms with Gasteiger partial charge in [-0.2, -0.15) is 0 Å². The summed E-state index contributed by atoms with van der Waals surface area (Å²) in [7, 11) is -3.55. The van der Waals surface area contributed by atoms with E-state index in [0.29, 0.717) is 5.56 Å². The first-order valence-corrected chi connectivity index (χ1v) is 9.07. The van der Waals surface area contributed by atoms with Gasteiger partial charge in [0.2, 0.25) is 0 Å². The van der Waals surface area contributed by atoms with Gasteiger partial charge in [-0.1, -0.05) is 48.0 Å². The highest BCUT2D eigenvalue weighted by Crippen LogP contribution is 2.13. The largest absolute Gasteiger partial charge is 0.457 e. The highest BCUT2D eigenvalue weighted by atomic mass is 32.2. The summed E-state index contributed by atoms with van der Waals surface area (Å²) in [5.74, 6) is -1.39. The minimum atomic E-state index is -3.55. The normalized spacial score (nSPS) is 11.0. The van der Waals surface area contributed by atoms with E-state index in [1.165, 1.54) is 12.1 Å². The molecule has 0 bridgehead atoms. The Morgan fingerprint density at radius 2 is 1.58 bits per heavy atom. The molecule has 0 saturated carbocycles. The van der Waals surface area contributed by atoms with Crippen LogP contribution >= 0.6 is 0 Å². The van der Waals surface area contributed by atoms with Crippen LogP contribution in [0.2, 0.25) is 0 Å². The number of aryl methyl sites for hydroxylation is 1. The average Bonchev–Trinajstić information content (AvgIpc) is 2.59. The fourth-order valence-corrected chi connectivity index (χ4v) is 3.23. The number of carbonyl (C=O) groups is 2. The number of hydrogen-bond donors (Lipinski definition) is 0. The van der Waals surface area contributed by atoms with E-state index in [2.05, 4.69) is 0 Å². The van der Waals surface area contributed by atoms with Gasteiger partial charge in [-0.15, -0.1) is 0 Å². The summed E-state index contributed by atoms with van der Waals surface area (Å²) in [5, 5.41) is 0. The smallest absolute Gasteiger partial charge is 0.307 e. The summed E-state index contributed by atoms with van der Waals surface area (Å²) in [4.78, 5) is 23.6. The third-order valence-corrected chi connectivity index (χ3v) is 5.15. The molecule has 0 aliphatic carbocycles. The van der Waals surface area contributed by atoms with Gasteiger partial charge in [-0.3, -0.25) is 9.59 Å². The Labute approximate surface area is 141 Å². The summed E-state index contributed by atoms with van der Waals surface area (Å²) in [6.07, 6.45) is -0.293. The van der Waals surface area contributed by atoms with Crippen molar-refractivity contribution in [2.24, 2.45) is 0 Å². The molecule has 0 N–H and O–H groups in total. The van der Waals surface area contributed by atoms with Gasteiger partial charge in [-0.05, 0) is 19.1 Å². The molecule has 0 radical (unpaired) electrons. The van der Waals surface area contributed by atoms with E-state index in [1.54, 1.807) is 42.5 Å². The van der Waals surface area contributed by atoms with Crippen molar-refractivity contribution in [2.45, 2.75) is 18.2 Å². The molecule has 24 heavy (non-hydrogen) atoms. The number of hydrogen-bond acceptors (Lipinski definition) is 5. The van der Waals surface area contributed by atoms with E-state index in [1.807, 2.05) is 6.92 Å². The van der Waals surface area contributed by atoms with E-state index in [4.69, 9.17) is 4.74 Å². The Morgan fingerprint density at radius 1 is 0.958 bits per heavy atom. The van der Waals surface area contributed by atoms with Gasteiger partial charge in [-0.25, -0.2) is 8.42 Å². The predicted octanol–water partition coefficient (Wildman–Crippen LogP) is 2.58. The molecule has 0 aliphatic rings. The van der Waals surface area contributed by atoms with Crippen LogP contribution in [0.25, 0.3) is 0 Å².